The van der Waals surface area contributed by atoms with Gasteiger partial charge in [0.25, 0.3) is 0 Å². The summed E-state index contributed by atoms with van der Waals surface area (Å²) >= 11 is 0. The Labute approximate surface area is 166 Å². The van der Waals surface area contributed by atoms with Gasteiger partial charge in [0.1, 0.15) is 12.8 Å². The van der Waals surface area contributed by atoms with E-state index in [1.807, 2.05) is 0 Å². The van der Waals surface area contributed by atoms with Gasteiger partial charge in [0, 0.05) is 25.2 Å². The fourth-order valence-corrected chi connectivity index (χ4v) is 7.42. The summed E-state index contributed by atoms with van der Waals surface area (Å²) in [5, 5.41) is 0. The number of rotatable bonds is 3. The van der Waals surface area contributed by atoms with Gasteiger partial charge in [0.15, 0.2) is 11.6 Å². The van der Waals surface area contributed by atoms with Crippen molar-refractivity contribution in [1.82, 2.24) is 0 Å². The molecular formula is C23H31FO4. The zero-order chi connectivity index (χ0) is 20.3. The molecule has 3 fully saturated rings. The third-order valence-corrected chi connectivity index (χ3v) is 8.66. The number of halogens is 1. The lowest BCUT2D eigenvalue weighted by molar-refractivity contribution is -0.150. The highest BCUT2D eigenvalue weighted by Crippen LogP contribution is 2.67. The summed E-state index contributed by atoms with van der Waals surface area (Å²) in [6.45, 7) is 5.36. The van der Waals surface area contributed by atoms with Crippen molar-refractivity contribution in [3.05, 3.63) is 11.6 Å². The van der Waals surface area contributed by atoms with Crippen molar-refractivity contribution in [2.75, 3.05) is 6.61 Å². The Morgan fingerprint density at radius 1 is 1.21 bits per heavy atom. The van der Waals surface area contributed by atoms with Crippen LogP contribution in [0.15, 0.2) is 11.6 Å². The molecule has 0 amide bonds. The van der Waals surface area contributed by atoms with Gasteiger partial charge in [0.2, 0.25) is 0 Å². The van der Waals surface area contributed by atoms with Crippen molar-refractivity contribution >= 4 is 17.5 Å². The highest BCUT2D eigenvalue weighted by molar-refractivity contribution is 5.91. The predicted molar refractivity (Wildman–Crippen MR) is 102 cm³/mol. The molecule has 0 aliphatic heterocycles. The van der Waals surface area contributed by atoms with Crippen molar-refractivity contribution in [3.63, 3.8) is 0 Å². The van der Waals surface area contributed by atoms with E-state index in [0.29, 0.717) is 18.8 Å². The summed E-state index contributed by atoms with van der Waals surface area (Å²) in [7, 11) is 0. The van der Waals surface area contributed by atoms with Gasteiger partial charge in [-0.25, -0.2) is 4.39 Å². The third-order valence-electron chi connectivity index (χ3n) is 8.66. The number of hydrogen-bond donors (Lipinski definition) is 0. The topological polar surface area (TPSA) is 60.4 Å². The minimum absolute atomic E-state index is 0.0546. The molecule has 0 heterocycles. The number of carbonyl (C=O) groups is 3. The third kappa shape index (κ3) is 2.88. The monoisotopic (exact) mass is 390 g/mol. The van der Waals surface area contributed by atoms with Crippen LogP contribution in [0, 0.1) is 34.5 Å². The van der Waals surface area contributed by atoms with E-state index in [1.165, 1.54) is 6.92 Å². The highest BCUT2D eigenvalue weighted by atomic mass is 19.1. The number of ether oxygens (including phenoxy) is 1. The van der Waals surface area contributed by atoms with Crippen molar-refractivity contribution in [2.45, 2.75) is 71.9 Å². The average Bonchev–Trinajstić information content (AvgIpc) is 2.96. The molecular weight excluding hydrogens is 359 g/mol. The quantitative estimate of drug-likeness (QED) is 0.677. The molecule has 7 atom stereocenters. The van der Waals surface area contributed by atoms with Crippen LogP contribution < -0.4 is 0 Å². The maximum Gasteiger partial charge on any atom is 0.303 e. The van der Waals surface area contributed by atoms with Gasteiger partial charge in [-0.1, -0.05) is 19.4 Å². The molecule has 4 aliphatic rings. The molecule has 0 radical (unpaired) electrons. The molecule has 0 aromatic carbocycles. The lowest BCUT2D eigenvalue weighted by Crippen LogP contribution is -2.56. The molecule has 4 aliphatic carbocycles. The summed E-state index contributed by atoms with van der Waals surface area (Å²) in [6, 6.07) is 0. The molecule has 4 rings (SSSR count). The molecule has 154 valence electrons. The first-order valence-electron chi connectivity index (χ1n) is 10.7. The van der Waals surface area contributed by atoms with Crippen LogP contribution in [0.25, 0.3) is 0 Å². The molecule has 0 spiro atoms. The number of carbonyl (C=O) groups excluding carboxylic acids is 3. The molecule has 4 nitrogen and oxygen atoms in total. The summed E-state index contributed by atoms with van der Waals surface area (Å²) in [6.07, 6.45) is 5.96. The SMILES string of the molecule is CC(=O)OCC(=O)[C@H]1CC[C@H]2[C@@H]3CCC4=CC(=O)CC[C@]4(C)[C@H]3C(F)C[C@]12C. The van der Waals surface area contributed by atoms with E-state index in [0.717, 1.165) is 37.7 Å². The van der Waals surface area contributed by atoms with Crippen LogP contribution in [0.5, 0.6) is 0 Å². The summed E-state index contributed by atoms with van der Waals surface area (Å²) in [4.78, 5) is 35.8. The first-order chi connectivity index (χ1) is 13.2. The van der Waals surface area contributed by atoms with Gasteiger partial charge in [-0.05, 0) is 67.3 Å². The minimum Gasteiger partial charge on any atom is -0.458 e. The van der Waals surface area contributed by atoms with Gasteiger partial charge in [-0.15, -0.1) is 0 Å². The van der Waals surface area contributed by atoms with Crippen LogP contribution in [0.1, 0.15) is 65.7 Å². The van der Waals surface area contributed by atoms with Gasteiger partial charge >= 0.3 is 5.97 Å². The summed E-state index contributed by atoms with van der Waals surface area (Å²) in [5.41, 5.74) is 0.564. The van der Waals surface area contributed by atoms with Crippen molar-refractivity contribution < 1.29 is 23.5 Å². The lowest BCUT2D eigenvalue weighted by Gasteiger charge is -2.59. The van der Waals surface area contributed by atoms with Crippen molar-refractivity contribution in [1.29, 1.82) is 0 Å². The second-order valence-electron chi connectivity index (χ2n) is 9.99. The Balaban J connectivity index is 1.61. The maximum absolute atomic E-state index is 15.8. The first-order valence-corrected chi connectivity index (χ1v) is 10.7. The van der Waals surface area contributed by atoms with Crippen LogP contribution in [-0.4, -0.2) is 30.3 Å². The zero-order valence-corrected chi connectivity index (χ0v) is 17.1. The van der Waals surface area contributed by atoms with Crippen LogP contribution in [0.4, 0.5) is 4.39 Å². The Morgan fingerprint density at radius 2 is 1.96 bits per heavy atom. The summed E-state index contributed by atoms with van der Waals surface area (Å²) in [5.74, 6) is -0.0284. The van der Waals surface area contributed by atoms with Gasteiger partial charge < -0.3 is 4.74 Å². The lowest BCUT2D eigenvalue weighted by atomic mass is 9.46. The Morgan fingerprint density at radius 3 is 2.68 bits per heavy atom. The highest BCUT2D eigenvalue weighted by Gasteiger charge is 2.63. The van der Waals surface area contributed by atoms with Crippen LogP contribution >= 0.6 is 0 Å². The number of Topliss-reactive ketones (excluding diaryl/α,β-unsaturated/α-hetero) is 1. The molecule has 0 N–H and O–H groups in total. The first kappa shape index (κ1) is 19.8. The smallest absolute Gasteiger partial charge is 0.303 e. The average molecular weight is 390 g/mol. The molecule has 0 bridgehead atoms. The van der Waals surface area contributed by atoms with Crippen molar-refractivity contribution in [3.8, 4) is 0 Å². The second-order valence-corrected chi connectivity index (χ2v) is 9.99. The largest absolute Gasteiger partial charge is 0.458 e. The van der Waals surface area contributed by atoms with E-state index in [9.17, 15) is 14.4 Å². The number of fused-ring (bicyclic) bond motifs is 5. The number of esters is 1. The fraction of sp³-hybridized carbons (Fsp3) is 0.783. The van der Waals surface area contributed by atoms with E-state index in [1.54, 1.807) is 6.08 Å². The number of allylic oxidation sites excluding steroid dienone is 1. The summed E-state index contributed by atoms with van der Waals surface area (Å²) < 4.78 is 20.7. The van der Waals surface area contributed by atoms with E-state index in [2.05, 4.69) is 13.8 Å². The van der Waals surface area contributed by atoms with Crippen LogP contribution in [0.3, 0.4) is 0 Å². The molecule has 5 heteroatoms. The molecule has 0 aromatic heterocycles. The Kier molecular flexibility index (Phi) is 4.79. The maximum atomic E-state index is 15.8. The van der Waals surface area contributed by atoms with Crippen molar-refractivity contribution in [2.24, 2.45) is 34.5 Å². The molecule has 0 aromatic rings. The standard InChI is InChI=1S/C23H31FO4/c1-13(25)28-12-20(27)18-7-6-17-16-5-4-14-10-15(26)8-9-22(14,2)21(16)19(24)11-23(17,18)3/h10,16-19,21H,4-9,11-12H2,1-3H3/t16-,17-,18+,19?,21+,22-,23-/m0/s1. The number of alkyl halides is 1. The molecule has 3 saturated carbocycles. The Hall–Kier alpha value is -1.52. The predicted octanol–water partition coefficient (Wildman–Crippen LogP) is 4.21. The van der Waals surface area contributed by atoms with Crippen LogP contribution in [-0.2, 0) is 19.1 Å². The second kappa shape index (κ2) is 6.77. The van der Waals surface area contributed by atoms with E-state index in [-0.39, 0.29) is 46.8 Å². The normalized spacial score (nSPS) is 44.8. The van der Waals surface area contributed by atoms with Gasteiger partial charge in [-0.3, -0.25) is 14.4 Å². The Bertz CT molecular complexity index is 743. The zero-order valence-electron chi connectivity index (χ0n) is 17.1. The fourth-order valence-electron chi connectivity index (χ4n) is 7.42. The molecule has 0 saturated heterocycles. The van der Waals surface area contributed by atoms with E-state index in [4.69, 9.17) is 4.74 Å². The van der Waals surface area contributed by atoms with Gasteiger partial charge in [0.05, 0.1) is 0 Å². The minimum atomic E-state index is -0.963. The molecule has 28 heavy (non-hydrogen) atoms. The molecule has 1 unspecified atom stereocenters. The van der Waals surface area contributed by atoms with E-state index >= 15 is 4.39 Å². The number of hydrogen-bond acceptors (Lipinski definition) is 4. The number of ketones is 2. The van der Waals surface area contributed by atoms with Gasteiger partial charge in [-0.2, -0.15) is 0 Å². The van der Waals surface area contributed by atoms with E-state index < -0.39 is 12.1 Å². The van der Waals surface area contributed by atoms with Crippen LogP contribution in [0.2, 0.25) is 0 Å².